The minimum Gasteiger partial charge on any atom is -0.364 e. The second-order valence-electron chi connectivity index (χ2n) is 7.35. The van der Waals surface area contributed by atoms with E-state index in [0.717, 1.165) is 24.2 Å². The largest absolute Gasteiger partial charge is 0.364 e. The zero-order chi connectivity index (χ0) is 21.7. The Bertz CT molecular complexity index is 945. The third-order valence-corrected chi connectivity index (χ3v) is 4.82. The minimum atomic E-state index is -0.689. The number of amides is 2. The quantitative estimate of drug-likeness (QED) is 0.470. The number of halogens is 1. The number of benzene rings is 1. The summed E-state index contributed by atoms with van der Waals surface area (Å²) in [5.74, 6) is -0.666. The SMILES string of the molecule is CCc1nc(C(N)=O)c(Nc2cc(F)cc(CCNC(=O)CNC)c2)nc1C1CC1. The molecule has 0 unspecified atom stereocenters. The molecule has 5 N–H and O–H groups in total. The van der Waals surface area contributed by atoms with E-state index in [4.69, 9.17) is 5.73 Å². The molecule has 30 heavy (non-hydrogen) atoms. The molecule has 1 fully saturated rings. The molecule has 0 bridgehead atoms. The number of hydrogen-bond acceptors (Lipinski definition) is 6. The minimum absolute atomic E-state index is 0.0430. The van der Waals surface area contributed by atoms with Crippen molar-refractivity contribution in [1.82, 2.24) is 20.6 Å². The van der Waals surface area contributed by atoms with Crippen molar-refractivity contribution < 1.29 is 14.0 Å². The fraction of sp³-hybridized carbons (Fsp3) is 0.429. The first-order valence-corrected chi connectivity index (χ1v) is 10.1. The van der Waals surface area contributed by atoms with Gasteiger partial charge in [0.1, 0.15) is 5.82 Å². The molecular weight excluding hydrogens is 387 g/mol. The summed E-state index contributed by atoms with van der Waals surface area (Å²) in [7, 11) is 1.69. The van der Waals surface area contributed by atoms with Gasteiger partial charge < -0.3 is 21.7 Å². The first kappa shape index (κ1) is 21.6. The number of rotatable bonds is 10. The lowest BCUT2D eigenvalue weighted by atomic mass is 10.1. The van der Waals surface area contributed by atoms with Gasteiger partial charge in [-0.1, -0.05) is 6.92 Å². The van der Waals surface area contributed by atoms with Crippen LogP contribution in [0.3, 0.4) is 0 Å². The number of nitrogens with one attached hydrogen (secondary N) is 3. The number of hydrogen-bond donors (Lipinski definition) is 4. The fourth-order valence-corrected chi connectivity index (χ4v) is 3.26. The highest BCUT2D eigenvalue weighted by molar-refractivity contribution is 5.96. The summed E-state index contributed by atoms with van der Waals surface area (Å²) in [6.45, 7) is 2.57. The number of anilines is 2. The molecule has 1 aromatic carbocycles. The zero-order valence-corrected chi connectivity index (χ0v) is 17.2. The van der Waals surface area contributed by atoms with Crippen LogP contribution in [0.2, 0.25) is 0 Å². The van der Waals surface area contributed by atoms with E-state index in [-0.39, 0.29) is 24.0 Å². The highest BCUT2D eigenvalue weighted by Crippen LogP contribution is 2.41. The number of likely N-dealkylation sites (N-methyl/N-ethyl adjacent to an activating group) is 1. The molecule has 0 saturated heterocycles. The van der Waals surface area contributed by atoms with E-state index in [1.807, 2.05) is 6.92 Å². The van der Waals surface area contributed by atoms with Crippen LogP contribution in [0.1, 0.15) is 53.1 Å². The van der Waals surface area contributed by atoms with Crippen molar-refractivity contribution in [2.45, 2.75) is 38.5 Å². The highest BCUT2D eigenvalue weighted by Gasteiger charge is 2.30. The third-order valence-electron chi connectivity index (χ3n) is 4.82. The number of aryl methyl sites for hydroxylation is 1. The van der Waals surface area contributed by atoms with Crippen LogP contribution in [-0.4, -0.2) is 41.9 Å². The Labute approximate surface area is 174 Å². The van der Waals surface area contributed by atoms with E-state index in [2.05, 4.69) is 25.9 Å². The van der Waals surface area contributed by atoms with E-state index >= 15 is 0 Å². The molecule has 1 aliphatic carbocycles. The highest BCUT2D eigenvalue weighted by atomic mass is 19.1. The van der Waals surface area contributed by atoms with Gasteiger partial charge in [-0.3, -0.25) is 9.59 Å². The van der Waals surface area contributed by atoms with Crippen molar-refractivity contribution in [3.63, 3.8) is 0 Å². The van der Waals surface area contributed by atoms with Crippen molar-refractivity contribution in [3.05, 3.63) is 46.7 Å². The molecule has 8 nitrogen and oxygen atoms in total. The Morgan fingerprint density at radius 3 is 2.63 bits per heavy atom. The van der Waals surface area contributed by atoms with E-state index in [0.29, 0.717) is 36.6 Å². The van der Waals surface area contributed by atoms with Gasteiger partial charge in [0.05, 0.1) is 17.9 Å². The molecule has 0 radical (unpaired) electrons. The molecule has 9 heteroatoms. The van der Waals surface area contributed by atoms with Gasteiger partial charge in [-0.2, -0.15) is 0 Å². The van der Waals surface area contributed by atoms with Gasteiger partial charge in [-0.25, -0.2) is 14.4 Å². The summed E-state index contributed by atoms with van der Waals surface area (Å²) in [6, 6.07) is 4.48. The van der Waals surface area contributed by atoms with E-state index in [1.54, 1.807) is 13.1 Å². The number of nitrogens with zero attached hydrogens (tertiary/aromatic N) is 2. The monoisotopic (exact) mass is 414 g/mol. The van der Waals surface area contributed by atoms with Crippen molar-refractivity contribution >= 4 is 23.3 Å². The van der Waals surface area contributed by atoms with Gasteiger partial charge in [0.15, 0.2) is 11.5 Å². The van der Waals surface area contributed by atoms with Crippen LogP contribution < -0.4 is 21.7 Å². The number of primary amides is 1. The normalized spacial score (nSPS) is 13.2. The number of carbonyl (C=O) groups is 2. The van der Waals surface area contributed by atoms with Crippen LogP contribution in [0.4, 0.5) is 15.9 Å². The van der Waals surface area contributed by atoms with Crippen molar-refractivity contribution in [1.29, 1.82) is 0 Å². The Balaban J connectivity index is 1.81. The van der Waals surface area contributed by atoms with Gasteiger partial charge in [0, 0.05) is 18.2 Å². The molecule has 1 aromatic heterocycles. The lowest BCUT2D eigenvalue weighted by Crippen LogP contribution is -2.33. The molecule has 0 atom stereocenters. The fourth-order valence-electron chi connectivity index (χ4n) is 3.26. The number of carbonyl (C=O) groups excluding carboxylic acids is 2. The second kappa shape index (κ2) is 9.62. The predicted molar refractivity (Wildman–Crippen MR) is 112 cm³/mol. The summed E-state index contributed by atoms with van der Waals surface area (Å²) >= 11 is 0. The van der Waals surface area contributed by atoms with Crippen molar-refractivity contribution in [2.75, 3.05) is 25.5 Å². The smallest absolute Gasteiger partial charge is 0.271 e. The van der Waals surface area contributed by atoms with Gasteiger partial charge in [0.25, 0.3) is 5.91 Å². The van der Waals surface area contributed by atoms with Crippen LogP contribution in [-0.2, 0) is 17.6 Å². The average Bonchev–Trinajstić information content (AvgIpc) is 3.52. The van der Waals surface area contributed by atoms with Crippen LogP contribution in [0.15, 0.2) is 18.2 Å². The summed E-state index contributed by atoms with van der Waals surface area (Å²) in [4.78, 5) is 32.5. The van der Waals surface area contributed by atoms with Crippen LogP contribution in [0.25, 0.3) is 0 Å². The van der Waals surface area contributed by atoms with Crippen molar-refractivity contribution in [3.8, 4) is 0 Å². The van der Waals surface area contributed by atoms with E-state index in [9.17, 15) is 14.0 Å². The van der Waals surface area contributed by atoms with Gasteiger partial charge in [-0.05, 0) is 56.5 Å². The zero-order valence-electron chi connectivity index (χ0n) is 17.2. The summed E-state index contributed by atoms with van der Waals surface area (Å²) < 4.78 is 14.2. The Kier molecular flexibility index (Phi) is 6.94. The standard InChI is InChI=1S/C21H27FN6O2/c1-3-16-18(13-4-5-13)28-21(19(27-16)20(23)30)26-15-9-12(8-14(22)10-15)6-7-25-17(29)11-24-2/h8-10,13,24H,3-7,11H2,1-2H3,(H2,23,30)(H,25,29)(H,26,28). The Morgan fingerprint density at radius 2 is 2.00 bits per heavy atom. The second-order valence-corrected chi connectivity index (χ2v) is 7.35. The first-order chi connectivity index (χ1) is 14.4. The number of nitrogens with two attached hydrogens (primary N) is 1. The molecular formula is C21H27FN6O2. The molecule has 1 aliphatic rings. The maximum absolute atomic E-state index is 14.2. The summed E-state index contributed by atoms with van der Waals surface area (Å²) in [6.07, 6.45) is 3.20. The van der Waals surface area contributed by atoms with E-state index in [1.165, 1.54) is 12.1 Å². The molecule has 3 rings (SSSR count). The Hall–Kier alpha value is -3.07. The molecule has 2 amide bonds. The third kappa shape index (κ3) is 5.50. The Morgan fingerprint density at radius 1 is 1.23 bits per heavy atom. The molecule has 0 aliphatic heterocycles. The number of aromatic nitrogens is 2. The van der Waals surface area contributed by atoms with Gasteiger partial charge >= 0.3 is 0 Å². The van der Waals surface area contributed by atoms with Crippen LogP contribution in [0, 0.1) is 5.82 Å². The van der Waals surface area contributed by atoms with Crippen LogP contribution >= 0.6 is 0 Å². The lowest BCUT2D eigenvalue weighted by molar-refractivity contribution is -0.120. The van der Waals surface area contributed by atoms with Gasteiger partial charge in [0.2, 0.25) is 5.91 Å². The molecule has 1 saturated carbocycles. The topological polar surface area (TPSA) is 122 Å². The predicted octanol–water partition coefficient (Wildman–Crippen LogP) is 1.78. The molecule has 1 heterocycles. The van der Waals surface area contributed by atoms with Crippen molar-refractivity contribution in [2.24, 2.45) is 5.73 Å². The average molecular weight is 414 g/mol. The maximum Gasteiger partial charge on any atom is 0.271 e. The van der Waals surface area contributed by atoms with Gasteiger partial charge in [-0.15, -0.1) is 0 Å². The molecule has 0 spiro atoms. The molecule has 2 aromatic rings. The summed E-state index contributed by atoms with van der Waals surface area (Å²) in [5.41, 5.74) is 8.33. The lowest BCUT2D eigenvalue weighted by Gasteiger charge is -2.14. The maximum atomic E-state index is 14.2. The molecule has 160 valence electrons. The van der Waals surface area contributed by atoms with Crippen LogP contribution in [0.5, 0.6) is 0 Å². The first-order valence-electron chi connectivity index (χ1n) is 10.1. The summed E-state index contributed by atoms with van der Waals surface area (Å²) in [5, 5.41) is 8.54. The van der Waals surface area contributed by atoms with E-state index < -0.39 is 11.7 Å².